The van der Waals surface area contributed by atoms with E-state index in [9.17, 15) is 0 Å². The van der Waals surface area contributed by atoms with Crippen LogP contribution in [0.1, 0.15) is 22.3 Å². The van der Waals surface area contributed by atoms with Gasteiger partial charge in [0.15, 0.2) is 5.82 Å². The minimum Gasteiger partial charge on any atom is -0.457 e. The topological polar surface area (TPSA) is 47.9 Å². The zero-order valence-corrected chi connectivity index (χ0v) is 32.5. The summed E-state index contributed by atoms with van der Waals surface area (Å²) in [5.74, 6) is 2.47. The summed E-state index contributed by atoms with van der Waals surface area (Å²) in [5, 5.41) is 2.31. The Morgan fingerprint density at radius 1 is 0.367 bits per heavy atom. The number of fused-ring (bicyclic) bond motifs is 10. The molecule has 280 valence electrons. The lowest BCUT2D eigenvalue weighted by Gasteiger charge is -2.39. The number of nitrogens with zero attached hydrogens (tertiary/aromatic N) is 3. The third-order valence-electron chi connectivity index (χ3n) is 12.3. The van der Waals surface area contributed by atoms with Crippen molar-refractivity contribution in [2.45, 2.75) is 5.41 Å². The molecule has 0 radical (unpaired) electrons. The Morgan fingerprint density at radius 2 is 0.917 bits per heavy atom. The summed E-state index contributed by atoms with van der Waals surface area (Å²) < 4.78 is 6.63. The molecule has 4 heteroatoms. The van der Waals surface area contributed by atoms with Crippen LogP contribution in [-0.2, 0) is 5.41 Å². The van der Waals surface area contributed by atoms with Crippen LogP contribution in [0.5, 0.6) is 11.5 Å². The van der Waals surface area contributed by atoms with E-state index in [1.807, 2.05) is 48.8 Å². The van der Waals surface area contributed by atoms with Crippen LogP contribution in [0.3, 0.4) is 0 Å². The third-order valence-corrected chi connectivity index (χ3v) is 12.3. The number of aromatic nitrogens is 3. The van der Waals surface area contributed by atoms with E-state index in [1.54, 1.807) is 0 Å². The highest BCUT2D eigenvalue weighted by atomic mass is 16.5. The standard InChI is InChI=1S/C56H35N3O/c1-3-12-38(13-4-1)51-34-52(59-55(58-51)40-14-5-2-6-15-40)39-24-22-36(23-25-39)41-26-28-47-44(32-41)45-33-42(43-17-11-16-37-30-31-57-35-46(37)43)27-29-48(45)56(47)49-18-7-9-20-53(49)60-54-21-10-8-19-50(54)56/h1-35H. The summed E-state index contributed by atoms with van der Waals surface area (Å²) in [6.07, 6.45) is 3.84. The lowest BCUT2D eigenvalue weighted by atomic mass is 9.66. The number of benzene rings is 8. The first-order valence-corrected chi connectivity index (χ1v) is 20.3. The van der Waals surface area contributed by atoms with Crippen molar-refractivity contribution in [2.24, 2.45) is 0 Å². The Bertz CT molecular complexity index is 3180. The van der Waals surface area contributed by atoms with Gasteiger partial charge in [-0.2, -0.15) is 0 Å². The molecular formula is C56H35N3O. The second-order valence-electron chi connectivity index (χ2n) is 15.5. The molecule has 1 aliphatic carbocycles. The van der Waals surface area contributed by atoms with E-state index in [-0.39, 0.29) is 0 Å². The van der Waals surface area contributed by atoms with Gasteiger partial charge in [-0.15, -0.1) is 0 Å². The van der Waals surface area contributed by atoms with Crippen LogP contribution < -0.4 is 4.74 Å². The normalized spacial score (nSPS) is 12.9. The molecule has 3 heterocycles. The number of hydrogen-bond acceptors (Lipinski definition) is 4. The number of para-hydroxylation sites is 2. The number of hydrogen-bond donors (Lipinski definition) is 0. The molecule has 0 bridgehead atoms. The van der Waals surface area contributed by atoms with Gasteiger partial charge in [0.25, 0.3) is 0 Å². The van der Waals surface area contributed by atoms with Crippen molar-refractivity contribution in [3.05, 3.63) is 235 Å². The van der Waals surface area contributed by atoms with Gasteiger partial charge in [0, 0.05) is 45.6 Å². The van der Waals surface area contributed by atoms with Crippen LogP contribution in [0.2, 0.25) is 0 Å². The predicted octanol–water partition coefficient (Wildman–Crippen LogP) is 13.8. The zero-order chi connectivity index (χ0) is 39.6. The lowest BCUT2D eigenvalue weighted by Crippen LogP contribution is -2.32. The van der Waals surface area contributed by atoms with Crippen LogP contribution in [0.4, 0.5) is 0 Å². The average Bonchev–Trinajstić information content (AvgIpc) is 3.61. The maximum Gasteiger partial charge on any atom is 0.160 e. The molecule has 1 aliphatic heterocycles. The highest BCUT2D eigenvalue weighted by molar-refractivity contribution is 5.99. The smallest absolute Gasteiger partial charge is 0.160 e. The summed E-state index contributed by atoms with van der Waals surface area (Å²) in [7, 11) is 0. The predicted molar refractivity (Wildman–Crippen MR) is 242 cm³/mol. The second kappa shape index (κ2) is 13.6. The number of ether oxygens (including phenoxy) is 1. The lowest BCUT2D eigenvalue weighted by molar-refractivity contribution is 0.436. The van der Waals surface area contributed by atoms with E-state index in [1.165, 1.54) is 33.2 Å². The van der Waals surface area contributed by atoms with E-state index in [0.29, 0.717) is 5.82 Å². The Labute approximate surface area is 348 Å². The summed E-state index contributed by atoms with van der Waals surface area (Å²) in [5.41, 5.74) is 16.1. The van der Waals surface area contributed by atoms with E-state index >= 15 is 0 Å². The van der Waals surface area contributed by atoms with E-state index in [4.69, 9.17) is 14.7 Å². The highest BCUT2D eigenvalue weighted by Gasteiger charge is 2.51. The molecule has 12 rings (SSSR count). The van der Waals surface area contributed by atoms with Gasteiger partial charge in [0.05, 0.1) is 16.8 Å². The van der Waals surface area contributed by atoms with Gasteiger partial charge in [0.1, 0.15) is 11.5 Å². The molecular weight excluding hydrogens is 731 g/mol. The van der Waals surface area contributed by atoms with Gasteiger partial charge in [0.2, 0.25) is 0 Å². The molecule has 2 aliphatic rings. The molecule has 60 heavy (non-hydrogen) atoms. The van der Waals surface area contributed by atoms with Gasteiger partial charge >= 0.3 is 0 Å². The molecule has 4 nitrogen and oxygen atoms in total. The Hall–Kier alpha value is -7.95. The fourth-order valence-electron chi connectivity index (χ4n) is 9.52. The molecule has 0 saturated carbocycles. The Kier molecular flexibility index (Phi) is 7.72. The number of pyridine rings is 1. The first-order valence-electron chi connectivity index (χ1n) is 20.3. The van der Waals surface area contributed by atoms with Crippen molar-refractivity contribution in [3.63, 3.8) is 0 Å². The van der Waals surface area contributed by atoms with Gasteiger partial charge in [-0.25, -0.2) is 9.97 Å². The molecule has 0 atom stereocenters. The van der Waals surface area contributed by atoms with Crippen molar-refractivity contribution < 1.29 is 4.74 Å². The summed E-state index contributed by atoms with van der Waals surface area (Å²) in [6.45, 7) is 0. The number of rotatable bonds is 5. The van der Waals surface area contributed by atoms with E-state index in [0.717, 1.165) is 72.8 Å². The summed E-state index contributed by atoms with van der Waals surface area (Å²) >= 11 is 0. The monoisotopic (exact) mass is 765 g/mol. The van der Waals surface area contributed by atoms with Crippen molar-refractivity contribution >= 4 is 10.8 Å². The Morgan fingerprint density at radius 3 is 1.60 bits per heavy atom. The minimum absolute atomic E-state index is 0.558. The van der Waals surface area contributed by atoms with Crippen molar-refractivity contribution in [2.75, 3.05) is 0 Å². The molecule has 0 saturated heterocycles. The van der Waals surface area contributed by atoms with Crippen molar-refractivity contribution in [1.29, 1.82) is 0 Å². The third kappa shape index (κ3) is 5.28. The fraction of sp³-hybridized carbons (Fsp3) is 0.0179. The van der Waals surface area contributed by atoms with E-state index < -0.39 is 5.41 Å². The van der Waals surface area contributed by atoms with Gasteiger partial charge in [-0.1, -0.05) is 164 Å². The second-order valence-corrected chi connectivity index (χ2v) is 15.5. The van der Waals surface area contributed by atoms with Crippen LogP contribution in [-0.4, -0.2) is 15.0 Å². The Balaban J connectivity index is 1.02. The molecule has 10 aromatic rings. The average molecular weight is 766 g/mol. The first-order chi connectivity index (χ1) is 29.7. The van der Waals surface area contributed by atoms with Crippen molar-refractivity contribution in [3.8, 4) is 78.8 Å². The molecule has 1 spiro atoms. The van der Waals surface area contributed by atoms with Crippen LogP contribution in [0, 0.1) is 0 Å². The molecule has 0 unspecified atom stereocenters. The summed E-state index contributed by atoms with van der Waals surface area (Å²) in [6, 6.07) is 71.1. The fourth-order valence-corrected chi connectivity index (χ4v) is 9.52. The molecule has 0 amide bonds. The van der Waals surface area contributed by atoms with Crippen LogP contribution in [0.25, 0.3) is 78.1 Å². The quantitative estimate of drug-likeness (QED) is 0.175. The largest absolute Gasteiger partial charge is 0.457 e. The first kappa shape index (κ1) is 34.1. The maximum atomic E-state index is 6.63. The maximum absolute atomic E-state index is 6.63. The SMILES string of the molecule is c1ccc(-c2cc(-c3ccc(-c4ccc5c(c4)-c4cc(-c6cccc7ccncc67)ccc4C54c5ccccc5Oc5ccccc54)cc3)nc(-c3ccccc3)n2)cc1. The van der Waals surface area contributed by atoms with E-state index in [2.05, 4.69) is 169 Å². The van der Waals surface area contributed by atoms with Crippen LogP contribution in [0.15, 0.2) is 213 Å². The molecule has 2 aromatic heterocycles. The van der Waals surface area contributed by atoms with Gasteiger partial charge < -0.3 is 4.74 Å². The highest BCUT2D eigenvalue weighted by Crippen LogP contribution is 2.62. The minimum atomic E-state index is -0.558. The molecule has 0 fully saturated rings. The van der Waals surface area contributed by atoms with Gasteiger partial charge in [-0.05, 0) is 86.3 Å². The zero-order valence-electron chi connectivity index (χ0n) is 32.5. The summed E-state index contributed by atoms with van der Waals surface area (Å²) in [4.78, 5) is 14.6. The molecule has 0 N–H and O–H groups in total. The van der Waals surface area contributed by atoms with Gasteiger partial charge in [-0.3, -0.25) is 4.98 Å². The molecule has 8 aromatic carbocycles. The van der Waals surface area contributed by atoms with Crippen molar-refractivity contribution in [1.82, 2.24) is 15.0 Å². The van der Waals surface area contributed by atoms with Crippen LogP contribution >= 0.6 is 0 Å².